The number of likely N-dealkylation sites (tertiary alicyclic amines) is 2. The van der Waals surface area contributed by atoms with E-state index in [0.717, 1.165) is 10.5 Å². The SMILES string of the molecule is Cc1nnc(CN2C[C@@]3(F)CN(Cc4c(C)noc4C)C[C@@]3(F)C2=O)o1.O=C(O)C(F)(F)F. The summed E-state index contributed by atoms with van der Waals surface area (Å²) in [5.41, 5.74) is -3.39. The van der Waals surface area contributed by atoms with Gasteiger partial charge in [0.1, 0.15) is 5.76 Å². The van der Waals surface area contributed by atoms with Crippen molar-refractivity contribution in [2.45, 2.75) is 51.4 Å². The molecule has 0 saturated carbocycles. The molecule has 182 valence electrons. The number of halogens is 5. The van der Waals surface area contributed by atoms with E-state index < -0.39 is 29.4 Å². The van der Waals surface area contributed by atoms with Gasteiger partial charge in [-0.25, -0.2) is 13.6 Å². The molecule has 2 aliphatic heterocycles. The van der Waals surface area contributed by atoms with Gasteiger partial charge in [-0.15, -0.1) is 10.2 Å². The number of aliphatic carboxylic acids is 1. The van der Waals surface area contributed by atoms with E-state index in [1.165, 1.54) is 0 Å². The minimum atomic E-state index is -5.08. The average molecular weight is 481 g/mol. The first kappa shape index (κ1) is 24.5. The summed E-state index contributed by atoms with van der Waals surface area (Å²) in [6.07, 6.45) is -5.08. The third-order valence-corrected chi connectivity index (χ3v) is 5.39. The molecule has 2 saturated heterocycles. The monoisotopic (exact) mass is 481 g/mol. The van der Waals surface area contributed by atoms with Gasteiger partial charge in [0, 0.05) is 32.1 Å². The van der Waals surface area contributed by atoms with Crippen LogP contribution in [0.15, 0.2) is 8.94 Å². The van der Waals surface area contributed by atoms with E-state index in [4.69, 9.17) is 18.8 Å². The van der Waals surface area contributed by atoms with Crippen LogP contribution in [0, 0.1) is 20.8 Å². The third-order valence-electron chi connectivity index (χ3n) is 5.39. The van der Waals surface area contributed by atoms with Crippen molar-refractivity contribution < 1.29 is 45.6 Å². The second-order valence-corrected chi connectivity index (χ2v) is 7.89. The van der Waals surface area contributed by atoms with E-state index in [9.17, 15) is 18.0 Å². The lowest BCUT2D eigenvalue weighted by atomic mass is 9.93. The molecule has 4 heterocycles. The highest BCUT2D eigenvalue weighted by atomic mass is 19.4. The van der Waals surface area contributed by atoms with Gasteiger partial charge < -0.3 is 18.9 Å². The highest BCUT2D eigenvalue weighted by Gasteiger charge is 2.71. The molecule has 15 heteroatoms. The van der Waals surface area contributed by atoms with Crippen molar-refractivity contribution in [2.24, 2.45) is 0 Å². The fourth-order valence-electron chi connectivity index (χ4n) is 3.80. The Kier molecular flexibility index (Phi) is 6.21. The van der Waals surface area contributed by atoms with Gasteiger partial charge in [-0.2, -0.15) is 13.2 Å². The number of amides is 1. The lowest BCUT2D eigenvalue weighted by Crippen LogP contribution is -2.47. The van der Waals surface area contributed by atoms with Crippen molar-refractivity contribution in [3.63, 3.8) is 0 Å². The molecule has 0 radical (unpaired) electrons. The second-order valence-electron chi connectivity index (χ2n) is 7.89. The van der Waals surface area contributed by atoms with Crippen LogP contribution in [0.4, 0.5) is 22.0 Å². The summed E-state index contributed by atoms with van der Waals surface area (Å²) in [5, 5.41) is 18.4. The number of fused-ring (bicyclic) bond motifs is 1. The van der Waals surface area contributed by atoms with Gasteiger partial charge in [-0.05, 0) is 13.8 Å². The molecular formula is C18H20F5N5O5. The number of hydrogen-bond acceptors (Lipinski definition) is 8. The zero-order valence-electron chi connectivity index (χ0n) is 17.7. The van der Waals surface area contributed by atoms with Crippen molar-refractivity contribution in [3.8, 4) is 0 Å². The van der Waals surface area contributed by atoms with Gasteiger partial charge in [0.25, 0.3) is 5.91 Å². The number of carboxylic acids is 1. The molecule has 33 heavy (non-hydrogen) atoms. The highest BCUT2D eigenvalue weighted by molar-refractivity contribution is 5.90. The van der Waals surface area contributed by atoms with Gasteiger partial charge in [0.2, 0.25) is 17.5 Å². The van der Waals surface area contributed by atoms with E-state index >= 15 is 8.78 Å². The number of nitrogens with zero attached hydrogens (tertiary/aromatic N) is 5. The molecule has 0 aliphatic carbocycles. The van der Waals surface area contributed by atoms with Crippen LogP contribution >= 0.6 is 0 Å². The number of alkyl halides is 5. The third kappa shape index (κ3) is 4.67. The highest BCUT2D eigenvalue weighted by Crippen LogP contribution is 2.46. The summed E-state index contributed by atoms with van der Waals surface area (Å²) in [6, 6.07) is 0. The predicted octanol–water partition coefficient (Wildman–Crippen LogP) is 1.89. The number of aryl methyl sites for hydroxylation is 3. The van der Waals surface area contributed by atoms with Crippen molar-refractivity contribution in [3.05, 3.63) is 28.8 Å². The summed E-state index contributed by atoms with van der Waals surface area (Å²) in [7, 11) is 0. The molecule has 2 aromatic rings. The van der Waals surface area contributed by atoms with Gasteiger partial charge in [-0.1, -0.05) is 5.16 Å². The quantitative estimate of drug-likeness (QED) is 0.652. The maximum absolute atomic E-state index is 15.4. The molecular weight excluding hydrogens is 461 g/mol. The summed E-state index contributed by atoms with van der Waals surface area (Å²) in [4.78, 5) is 24.2. The van der Waals surface area contributed by atoms with Crippen LogP contribution in [0.3, 0.4) is 0 Å². The van der Waals surface area contributed by atoms with Gasteiger partial charge in [-0.3, -0.25) is 9.69 Å². The van der Waals surface area contributed by atoms with Crippen molar-refractivity contribution >= 4 is 11.9 Å². The van der Waals surface area contributed by atoms with Crippen LogP contribution in [0.5, 0.6) is 0 Å². The van der Waals surface area contributed by atoms with Gasteiger partial charge in [0.15, 0.2) is 5.67 Å². The van der Waals surface area contributed by atoms with E-state index in [0.29, 0.717) is 17.3 Å². The van der Waals surface area contributed by atoms with Crippen molar-refractivity contribution in [2.75, 3.05) is 19.6 Å². The first-order chi connectivity index (χ1) is 15.2. The summed E-state index contributed by atoms with van der Waals surface area (Å²) in [6.45, 7) is 4.49. The zero-order valence-corrected chi connectivity index (χ0v) is 17.7. The summed E-state index contributed by atoms with van der Waals surface area (Å²) >= 11 is 0. The lowest BCUT2D eigenvalue weighted by molar-refractivity contribution is -0.192. The topological polar surface area (TPSA) is 126 Å². The Balaban J connectivity index is 0.000000383. The Morgan fingerprint density at radius 1 is 1.12 bits per heavy atom. The van der Waals surface area contributed by atoms with Crippen LogP contribution in [0.2, 0.25) is 0 Å². The maximum atomic E-state index is 15.4. The lowest BCUT2D eigenvalue weighted by Gasteiger charge is -2.21. The van der Waals surface area contributed by atoms with E-state index in [-0.39, 0.29) is 38.6 Å². The van der Waals surface area contributed by atoms with Crippen molar-refractivity contribution in [1.29, 1.82) is 0 Å². The fourth-order valence-corrected chi connectivity index (χ4v) is 3.80. The number of rotatable bonds is 4. The summed E-state index contributed by atoms with van der Waals surface area (Å²) in [5.74, 6) is -2.53. The van der Waals surface area contributed by atoms with Crippen LogP contribution in [-0.2, 0) is 22.7 Å². The molecule has 0 unspecified atom stereocenters. The Morgan fingerprint density at radius 3 is 2.21 bits per heavy atom. The molecule has 0 bridgehead atoms. The molecule has 2 aromatic heterocycles. The second kappa shape index (κ2) is 8.35. The molecule has 2 atom stereocenters. The number of hydrogen-bond donors (Lipinski definition) is 1. The van der Waals surface area contributed by atoms with E-state index in [2.05, 4.69) is 15.4 Å². The first-order valence-corrected chi connectivity index (χ1v) is 9.57. The minimum Gasteiger partial charge on any atom is -0.475 e. The van der Waals surface area contributed by atoms with E-state index in [1.807, 2.05) is 0 Å². The smallest absolute Gasteiger partial charge is 0.475 e. The number of carbonyl (C=O) groups excluding carboxylic acids is 1. The molecule has 10 nitrogen and oxygen atoms in total. The molecule has 0 aromatic carbocycles. The van der Waals surface area contributed by atoms with E-state index in [1.54, 1.807) is 25.7 Å². The van der Waals surface area contributed by atoms with Crippen LogP contribution in [-0.4, -0.2) is 79.3 Å². The maximum Gasteiger partial charge on any atom is 0.490 e. The molecule has 2 fully saturated rings. The normalized spacial score (nSPS) is 25.2. The molecule has 4 rings (SSSR count). The van der Waals surface area contributed by atoms with Crippen molar-refractivity contribution in [1.82, 2.24) is 25.2 Å². The zero-order chi connectivity index (χ0) is 24.8. The number of aromatic nitrogens is 3. The van der Waals surface area contributed by atoms with Gasteiger partial charge >= 0.3 is 12.1 Å². The Labute approximate surface area is 183 Å². The summed E-state index contributed by atoms with van der Waals surface area (Å²) < 4.78 is 72.8. The molecule has 0 spiro atoms. The average Bonchev–Trinajstić information content (AvgIpc) is 3.36. The Hall–Kier alpha value is -3.10. The fraction of sp³-hybridized carbons (Fsp3) is 0.611. The van der Waals surface area contributed by atoms with Gasteiger partial charge in [0.05, 0.1) is 18.8 Å². The largest absolute Gasteiger partial charge is 0.490 e. The molecule has 1 N–H and O–H groups in total. The predicted molar refractivity (Wildman–Crippen MR) is 97.1 cm³/mol. The molecule has 2 aliphatic rings. The standard InChI is InChI=1S/C16H19F2N5O3.C2HF3O2/c1-9-12(10(2)26-21-9)4-22-6-15(17)7-23(14(24)16(15,18)8-22)5-13-20-19-11(3)25-13;3-2(4,5)1(6)7/h4-8H2,1-3H3;(H,6,7)/t15-,16+;/m0./s1. The first-order valence-electron chi connectivity index (χ1n) is 9.57. The Bertz CT molecular complexity index is 1040. The minimum absolute atomic E-state index is 0.0963. The number of carbonyl (C=O) groups is 2. The molecule has 1 amide bonds. The Morgan fingerprint density at radius 2 is 1.76 bits per heavy atom. The number of carboxylic acid groups (broad SMARTS) is 1. The van der Waals surface area contributed by atoms with Crippen LogP contribution in [0.1, 0.15) is 28.8 Å². The van der Waals surface area contributed by atoms with Crippen LogP contribution in [0.25, 0.3) is 0 Å². The van der Waals surface area contributed by atoms with Crippen LogP contribution < -0.4 is 0 Å².